The number of aliphatic hydroxyl groups is 1. The summed E-state index contributed by atoms with van der Waals surface area (Å²) >= 11 is 0. The lowest BCUT2D eigenvalue weighted by Gasteiger charge is -2.40. The van der Waals surface area contributed by atoms with Gasteiger partial charge in [0.25, 0.3) is 0 Å². The average molecular weight is 256 g/mol. The molecule has 0 aromatic heterocycles. The zero-order chi connectivity index (χ0) is 14.0. The summed E-state index contributed by atoms with van der Waals surface area (Å²) in [5, 5.41) is 10.5. The van der Waals surface area contributed by atoms with Crippen LogP contribution >= 0.6 is 0 Å². The van der Waals surface area contributed by atoms with E-state index >= 15 is 0 Å². The molecule has 0 saturated heterocycles. The molecule has 0 spiro atoms. The summed E-state index contributed by atoms with van der Waals surface area (Å²) in [5.41, 5.74) is -0.0412. The maximum Gasteiger partial charge on any atom is 0.160 e. The molecule has 0 aromatic rings. The third kappa shape index (κ3) is 4.24. The molecule has 1 aliphatic rings. The van der Waals surface area contributed by atoms with E-state index < -0.39 is 6.29 Å². The fraction of sp³-hybridized carbons (Fsp3) is 1.00. The number of hydrogen-bond acceptors (Lipinski definition) is 2. The molecule has 108 valence electrons. The molecule has 1 saturated carbocycles. The van der Waals surface area contributed by atoms with Gasteiger partial charge in [-0.3, -0.25) is 0 Å². The lowest BCUT2D eigenvalue weighted by atomic mass is 9.75. The highest BCUT2D eigenvalue weighted by molar-refractivity contribution is 4.88. The fourth-order valence-corrected chi connectivity index (χ4v) is 3.42. The van der Waals surface area contributed by atoms with Crippen LogP contribution < -0.4 is 0 Å². The Kier molecular flexibility index (Phi) is 4.88. The molecule has 1 unspecified atom stereocenters. The van der Waals surface area contributed by atoms with Crippen molar-refractivity contribution in [1.82, 2.24) is 0 Å². The number of hydrogen-bond donors (Lipinski definition) is 1. The summed E-state index contributed by atoms with van der Waals surface area (Å²) in [5.74, 6) is 0. The minimum atomic E-state index is -0.658. The summed E-state index contributed by atoms with van der Waals surface area (Å²) in [6.07, 6.45) is 5.99. The Morgan fingerprint density at radius 2 is 1.61 bits per heavy atom. The van der Waals surface area contributed by atoms with Crippen LogP contribution in [-0.2, 0) is 4.74 Å². The van der Waals surface area contributed by atoms with Crippen LogP contribution in [0.1, 0.15) is 80.1 Å². The highest BCUT2D eigenvalue weighted by atomic mass is 16.6. The van der Waals surface area contributed by atoms with Crippen molar-refractivity contribution in [2.75, 3.05) is 0 Å². The van der Waals surface area contributed by atoms with E-state index in [1.165, 1.54) is 12.8 Å². The predicted octanol–water partition coefficient (Wildman–Crippen LogP) is 4.51. The van der Waals surface area contributed by atoms with Crippen molar-refractivity contribution in [3.8, 4) is 0 Å². The summed E-state index contributed by atoms with van der Waals surface area (Å²) in [6, 6.07) is 0. The van der Waals surface area contributed by atoms with Gasteiger partial charge in [0.15, 0.2) is 6.29 Å². The van der Waals surface area contributed by atoms with Crippen LogP contribution in [-0.4, -0.2) is 17.0 Å². The van der Waals surface area contributed by atoms with E-state index in [-0.39, 0.29) is 16.4 Å². The van der Waals surface area contributed by atoms with Crippen LogP contribution in [0.25, 0.3) is 0 Å². The van der Waals surface area contributed by atoms with E-state index in [1.54, 1.807) is 0 Å². The number of rotatable bonds is 5. The van der Waals surface area contributed by atoms with E-state index in [2.05, 4.69) is 41.5 Å². The van der Waals surface area contributed by atoms with Gasteiger partial charge in [-0.2, -0.15) is 0 Å². The highest BCUT2D eigenvalue weighted by Gasteiger charge is 2.40. The monoisotopic (exact) mass is 256 g/mol. The second-order valence-corrected chi connectivity index (χ2v) is 7.94. The van der Waals surface area contributed by atoms with Gasteiger partial charge in [-0.05, 0) is 31.1 Å². The minimum absolute atomic E-state index is 0.0609. The summed E-state index contributed by atoms with van der Waals surface area (Å²) in [7, 11) is 0. The van der Waals surface area contributed by atoms with Crippen molar-refractivity contribution < 1.29 is 9.84 Å². The normalized spacial score (nSPS) is 22.2. The first-order chi connectivity index (χ1) is 8.10. The van der Waals surface area contributed by atoms with E-state index in [0.717, 1.165) is 25.7 Å². The number of ether oxygens (including phenoxy) is 1. The van der Waals surface area contributed by atoms with Gasteiger partial charge >= 0.3 is 0 Å². The first kappa shape index (κ1) is 16.0. The molecule has 0 radical (unpaired) electrons. The zero-order valence-corrected chi connectivity index (χ0v) is 13.2. The molecule has 0 aromatic carbocycles. The van der Waals surface area contributed by atoms with Crippen LogP contribution in [0.4, 0.5) is 0 Å². The van der Waals surface area contributed by atoms with Gasteiger partial charge in [-0.1, -0.05) is 54.4 Å². The molecule has 18 heavy (non-hydrogen) atoms. The topological polar surface area (TPSA) is 29.5 Å². The first-order valence-corrected chi connectivity index (χ1v) is 7.46. The molecule has 0 heterocycles. The Balaban J connectivity index is 2.65. The van der Waals surface area contributed by atoms with Crippen LogP contribution in [0.15, 0.2) is 0 Å². The molecule has 1 N–H and O–H groups in total. The molecule has 1 aliphatic carbocycles. The van der Waals surface area contributed by atoms with E-state index in [1.807, 2.05) is 0 Å². The minimum Gasteiger partial charge on any atom is -0.367 e. The second-order valence-electron chi connectivity index (χ2n) is 7.94. The fourth-order valence-electron chi connectivity index (χ4n) is 3.42. The molecule has 0 amide bonds. The highest BCUT2D eigenvalue weighted by Crippen LogP contribution is 2.42. The Morgan fingerprint density at radius 3 is 2.00 bits per heavy atom. The molecule has 2 heteroatoms. The van der Waals surface area contributed by atoms with Crippen molar-refractivity contribution >= 4 is 0 Å². The van der Waals surface area contributed by atoms with Crippen LogP contribution in [0, 0.1) is 10.8 Å². The van der Waals surface area contributed by atoms with Crippen LogP contribution in [0.5, 0.6) is 0 Å². The Morgan fingerprint density at radius 1 is 1.11 bits per heavy atom. The molecule has 0 aliphatic heterocycles. The van der Waals surface area contributed by atoms with Gasteiger partial charge in [-0.15, -0.1) is 0 Å². The van der Waals surface area contributed by atoms with Crippen molar-refractivity contribution in [2.24, 2.45) is 10.8 Å². The van der Waals surface area contributed by atoms with Crippen molar-refractivity contribution in [3.05, 3.63) is 0 Å². The van der Waals surface area contributed by atoms with Gasteiger partial charge in [0.2, 0.25) is 0 Å². The summed E-state index contributed by atoms with van der Waals surface area (Å²) < 4.78 is 6.11. The van der Waals surface area contributed by atoms with Crippen LogP contribution in [0.2, 0.25) is 0 Å². The Hall–Kier alpha value is -0.0800. The number of aliphatic hydroxyl groups excluding tert-OH is 1. The maximum absolute atomic E-state index is 10.5. The Bertz CT molecular complexity index is 257. The lowest BCUT2D eigenvalue weighted by molar-refractivity contribution is -0.235. The van der Waals surface area contributed by atoms with Gasteiger partial charge in [0.05, 0.1) is 5.60 Å². The van der Waals surface area contributed by atoms with Crippen molar-refractivity contribution in [2.45, 2.75) is 92.0 Å². The molecule has 0 bridgehead atoms. The Labute approximate surface area is 113 Å². The first-order valence-electron chi connectivity index (χ1n) is 7.46. The SMILES string of the molecule is CCC1(OC(O)C(C)(C)CC(C)(C)C)CCCC1. The average Bonchev–Trinajstić information content (AvgIpc) is 2.63. The molecule has 1 rings (SSSR count). The van der Waals surface area contributed by atoms with E-state index in [4.69, 9.17) is 4.74 Å². The molecular formula is C16H32O2. The maximum atomic E-state index is 10.5. The van der Waals surface area contributed by atoms with E-state index in [0.29, 0.717) is 0 Å². The van der Waals surface area contributed by atoms with E-state index in [9.17, 15) is 5.11 Å². The molecular weight excluding hydrogens is 224 g/mol. The van der Waals surface area contributed by atoms with Crippen molar-refractivity contribution in [1.29, 1.82) is 0 Å². The van der Waals surface area contributed by atoms with Crippen LogP contribution in [0.3, 0.4) is 0 Å². The van der Waals surface area contributed by atoms with Crippen molar-refractivity contribution in [3.63, 3.8) is 0 Å². The quantitative estimate of drug-likeness (QED) is 0.733. The zero-order valence-electron chi connectivity index (χ0n) is 13.2. The van der Waals surface area contributed by atoms with Gasteiger partial charge in [-0.25, -0.2) is 0 Å². The lowest BCUT2D eigenvalue weighted by Crippen LogP contribution is -2.42. The predicted molar refractivity (Wildman–Crippen MR) is 76.4 cm³/mol. The summed E-state index contributed by atoms with van der Waals surface area (Å²) in [4.78, 5) is 0. The molecule has 1 atom stereocenters. The summed E-state index contributed by atoms with van der Waals surface area (Å²) in [6.45, 7) is 13.0. The smallest absolute Gasteiger partial charge is 0.160 e. The second kappa shape index (κ2) is 5.50. The molecule has 1 fully saturated rings. The van der Waals surface area contributed by atoms with Gasteiger partial charge in [0.1, 0.15) is 0 Å². The third-order valence-corrected chi connectivity index (χ3v) is 4.18. The standard InChI is InChI=1S/C16H32O2/c1-7-16(10-8-9-11-16)18-13(17)15(5,6)12-14(2,3)4/h13,17H,7-12H2,1-6H3. The molecule has 2 nitrogen and oxygen atoms in total. The largest absolute Gasteiger partial charge is 0.367 e. The van der Waals surface area contributed by atoms with Gasteiger partial charge < -0.3 is 9.84 Å². The van der Waals surface area contributed by atoms with Gasteiger partial charge in [0, 0.05) is 5.41 Å². The third-order valence-electron chi connectivity index (χ3n) is 4.18.